The van der Waals surface area contributed by atoms with E-state index in [1.807, 2.05) is 54.6 Å². The van der Waals surface area contributed by atoms with Gasteiger partial charge in [0, 0.05) is 32.7 Å². The topological polar surface area (TPSA) is 73.4 Å². The molecule has 1 aliphatic rings. The lowest BCUT2D eigenvalue weighted by Gasteiger charge is -2.38. The third-order valence-electron chi connectivity index (χ3n) is 4.69. The standard InChI is InChI=1S/C20H22N4O/c21-14-17-8-4-5-9-18(17)15-23-10-12-24(13-11-23)19(20(22)25)16-6-2-1-3-7-16/h1-9,19H,10-13,15H2,(H2,22,25)/t19-/m1/s1. The first-order valence-electron chi connectivity index (χ1n) is 8.47. The molecule has 0 radical (unpaired) electrons. The van der Waals surface area contributed by atoms with E-state index >= 15 is 0 Å². The summed E-state index contributed by atoms with van der Waals surface area (Å²) < 4.78 is 0. The first kappa shape index (κ1) is 17.2. The minimum Gasteiger partial charge on any atom is -0.368 e. The van der Waals surface area contributed by atoms with E-state index < -0.39 is 0 Å². The first-order valence-corrected chi connectivity index (χ1v) is 8.47. The zero-order valence-corrected chi connectivity index (χ0v) is 14.1. The highest BCUT2D eigenvalue weighted by molar-refractivity contribution is 5.81. The normalized spacial score (nSPS) is 16.9. The monoisotopic (exact) mass is 334 g/mol. The maximum Gasteiger partial charge on any atom is 0.239 e. The van der Waals surface area contributed by atoms with Crippen molar-refractivity contribution >= 4 is 5.91 Å². The van der Waals surface area contributed by atoms with Crippen LogP contribution < -0.4 is 5.73 Å². The lowest BCUT2D eigenvalue weighted by molar-refractivity contribution is -0.124. The Labute approximate surface area is 148 Å². The summed E-state index contributed by atoms with van der Waals surface area (Å²) in [5.41, 5.74) is 8.38. The van der Waals surface area contributed by atoms with Crippen LogP contribution in [0.2, 0.25) is 0 Å². The lowest BCUT2D eigenvalue weighted by atomic mass is 10.0. The van der Waals surface area contributed by atoms with Crippen molar-refractivity contribution < 1.29 is 4.79 Å². The molecule has 2 N–H and O–H groups in total. The van der Waals surface area contributed by atoms with Gasteiger partial charge in [-0.3, -0.25) is 14.6 Å². The molecule has 1 aliphatic heterocycles. The molecule has 1 fully saturated rings. The predicted octanol–water partition coefficient (Wildman–Crippen LogP) is 1.90. The van der Waals surface area contributed by atoms with Crippen LogP contribution in [0, 0.1) is 11.3 Å². The molecule has 5 nitrogen and oxygen atoms in total. The van der Waals surface area contributed by atoms with Gasteiger partial charge in [-0.2, -0.15) is 5.26 Å². The van der Waals surface area contributed by atoms with Crippen molar-refractivity contribution in [2.75, 3.05) is 26.2 Å². The molecule has 0 unspecified atom stereocenters. The molecule has 2 aromatic carbocycles. The quantitative estimate of drug-likeness (QED) is 0.906. The number of carbonyl (C=O) groups excluding carboxylic acids is 1. The average Bonchev–Trinajstić information content (AvgIpc) is 2.64. The Kier molecular flexibility index (Phi) is 5.44. The highest BCUT2D eigenvalue weighted by Crippen LogP contribution is 2.22. The van der Waals surface area contributed by atoms with Crippen LogP contribution in [0.3, 0.4) is 0 Å². The van der Waals surface area contributed by atoms with Gasteiger partial charge in [0.05, 0.1) is 11.6 Å². The average molecular weight is 334 g/mol. The molecular weight excluding hydrogens is 312 g/mol. The molecule has 25 heavy (non-hydrogen) atoms. The molecule has 1 saturated heterocycles. The summed E-state index contributed by atoms with van der Waals surface area (Å²) >= 11 is 0. The van der Waals surface area contributed by atoms with Crippen LogP contribution in [0.1, 0.15) is 22.7 Å². The SMILES string of the molecule is N#Cc1ccccc1CN1CCN([C@@H](C(N)=O)c2ccccc2)CC1. The maximum atomic E-state index is 12.0. The molecule has 5 heteroatoms. The van der Waals surface area contributed by atoms with Gasteiger partial charge >= 0.3 is 0 Å². The number of nitrogens with two attached hydrogens (primary N) is 1. The number of rotatable bonds is 5. The van der Waals surface area contributed by atoms with E-state index in [2.05, 4.69) is 15.9 Å². The number of benzene rings is 2. The van der Waals surface area contributed by atoms with Gasteiger partial charge in [-0.15, -0.1) is 0 Å². The van der Waals surface area contributed by atoms with Crippen LogP contribution in [0.15, 0.2) is 54.6 Å². The van der Waals surface area contributed by atoms with Gasteiger partial charge in [0.2, 0.25) is 5.91 Å². The summed E-state index contributed by atoms with van der Waals surface area (Å²) in [6.07, 6.45) is 0. The molecule has 1 atom stereocenters. The Morgan fingerprint density at radius 2 is 1.68 bits per heavy atom. The largest absolute Gasteiger partial charge is 0.368 e. The zero-order chi connectivity index (χ0) is 17.6. The summed E-state index contributed by atoms with van der Waals surface area (Å²) in [4.78, 5) is 16.4. The van der Waals surface area contributed by atoms with Crippen LogP contribution in [0.25, 0.3) is 0 Å². The Hall–Kier alpha value is -2.68. The van der Waals surface area contributed by atoms with Crippen molar-refractivity contribution in [3.63, 3.8) is 0 Å². The summed E-state index contributed by atoms with van der Waals surface area (Å²) in [5.74, 6) is -0.311. The highest BCUT2D eigenvalue weighted by Gasteiger charge is 2.28. The number of hydrogen-bond donors (Lipinski definition) is 1. The number of carbonyl (C=O) groups is 1. The number of amides is 1. The smallest absolute Gasteiger partial charge is 0.239 e. The minimum atomic E-state index is -0.380. The van der Waals surface area contributed by atoms with Gasteiger partial charge < -0.3 is 5.73 Å². The van der Waals surface area contributed by atoms with E-state index in [1.165, 1.54) is 0 Å². The van der Waals surface area contributed by atoms with Crippen molar-refractivity contribution in [2.45, 2.75) is 12.6 Å². The van der Waals surface area contributed by atoms with E-state index in [1.54, 1.807) is 0 Å². The van der Waals surface area contributed by atoms with Gasteiger partial charge in [0.15, 0.2) is 0 Å². The molecular formula is C20H22N4O. The van der Waals surface area contributed by atoms with Crippen molar-refractivity contribution in [1.29, 1.82) is 5.26 Å². The Morgan fingerprint density at radius 3 is 2.32 bits per heavy atom. The molecule has 2 aromatic rings. The Morgan fingerprint density at radius 1 is 1.04 bits per heavy atom. The summed E-state index contributed by atoms with van der Waals surface area (Å²) in [5, 5.41) is 9.22. The number of primary amides is 1. The molecule has 0 aliphatic carbocycles. The number of hydrogen-bond acceptors (Lipinski definition) is 4. The van der Waals surface area contributed by atoms with E-state index in [4.69, 9.17) is 5.73 Å². The molecule has 0 saturated carbocycles. The van der Waals surface area contributed by atoms with Crippen molar-refractivity contribution in [3.05, 3.63) is 71.3 Å². The minimum absolute atomic E-state index is 0.311. The van der Waals surface area contributed by atoms with E-state index in [0.29, 0.717) is 0 Å². The highest BCUT2D eigenvalue weighted by atomic mass is 16.1. The fourth-order valence-corrected chi connectivity index (χ4v) is 3.38. The Bertz CT molecular complexity index is 761. The third kappa shape index (κ3) is 4.05. The second-order valence-electron chi connectivity index (χ2n) is 6.30. The molecule has 3 rings (SSSR count). The van der Waals surface area contributed by atoms with Gasteiger partial charge in [0.1, 0.15) is 6.04 Å². The van der Waals surface area contributed by atoms with E-state index in [-0.39, 0.29) is 11.9 Å². The van der Waals surface area contributed by atoms with Crippen molar-refractivity contribution in [2.24, 2.45) is 5.73 Å². The van der Waals surface area contributed by atoms with E-state index in [9.17, 15) is 10.1 Å². The van der Waals surface area contributed by atoms with Gasteiger partial charge in [-0.1, -0.05) is 48.5 Å². The molecule has 0 spiro atoms. The molecule has 0 aromatic heterocycles. The van der Waals surface area contributed by atoms with Crippen molar-refractivity contribution in [3.8, 4) is 6.07 Å². The molecule has 1 heterocycles. The number of nitriles is 1. The van der Waals surface area contributed by atoms with Crippen LogP contribution in [-0.4, -0.2) is 41.9 Å². The molecule has 0 bridgehead atoms. The zero-order valence-electron chi connectivity index (χ0n) is 14.1. The second-order valence-corrected chi connectivity index (χ2v) is 6.30. The molecule has 1 amide bonds. The fourth-order valence-electron chi connectivity index (χ4n) is 3.38. The van der Waals surface area contributed by atoms with Gasteiger partial charge in [0.25, 0.3) is 0 Å². The lowest BCUT2D eigenvalue weighted by Crippen LogP contribution is -2.50. The third-order valence-corrected chi connectivity index (χ3v) is 4.69. The summed E-state index contributed by atoms with van der Waals surface area (Å²) in [6, 6.07) is 19.3. The number of piperazine rings is 1. The van der Waals surface area contributed by atoms with Crippen LogP contribution in [0.5, 0.6) is 0 Å². The second kappa shape index (κ2) is 7.93. The molecule has 128 valence electrons. The summed E-state index contributed by atoms with van der Waals surface area (Å²) in [7, 11) is 0. The fraction of sp³-hybridized carbons (Fsp3) is 0.300. The van der Waals surface area contributed by atoms with Crippen LogP contribution in [0.4, 0.5) is 0 Å². The number of nitrogens with zero attached hydrogens (tertiary/aromatic N) is 3. The van der Waals surface area contributed by atoms with E-state index in [0.717, 1.165) is 49.4 Å². The van der Waals surface area contributed by atoms with Gasteiger partial charge in [-0.25, -0.2) is 0 Å². The maximum absolute atomic E-state index is 12.0. The Balaban J connectivity index is 1.65. The van der Waals surface area contributed by atoms with Crippen LogP contribution in [-0.2, 0) is 11.3 Å². The van der Waals surface area contributed by atoms with Gasteiger partial charge in [-0.05, 0) is 17.2 Å². The summed E-state index contributed by atoms with van der Waals surface area (Å²) in [6.45, 7) is 3.99. The van der Waals surface area contributed by atoms with Crippen molar-refractivity contribution in [1.82, 2.24) is 9.80 Å². The predicted molar refractivity (Wildman–Crippen MR) is 96.4 cm³/mol. The first-order chi connectivity index (χ1) is 12.2. The van der Waals surface area contributed by atoms with Crippen LogP contribution >= 0.6 is 0 Å².